The molecule has 20 heavy (non-hydrogen) atoms. The van der Waals surface area contributed by atoms with Gasteiger partial charge in [0.15, 0.2) is 0 Å². The summed E-state index contributed by atoms with van der Waals surface area (Å²) in [5.41, 5.74) is 4.64. The molecule has 3 rings (SSSR count). The Kier molecular flexibility index (Phi) is 2.95. The zero-order valence-corrected chi connectivity index (χ0v) is 11.0. The smallest absolute Gasteiger partial charge is 0.258 e. The second-order valence-electron chi connectivity index (χ2n) is 4.77. The molecule has 0 spiro atoms. The molecule has 0 saturated heterocycles. The third-order valence-electron chi connectivity index (χ3n) is 3.41. The predicted octanol–water partition coefficient (Wildman–Crippen LogP) is 2.70. The lowest BCUT2D eigenvalue weighted by atomic mass is 9.98. The van der Waals surface area contributed by atoms with Gasteiger partial charge >= 0.3 is 0 Å². The Hall–Kier alpha value is -2.68. The molecule has 1 aliphatic heterocycles. The molecular weight excluding hydrogens is 250 g/mol. The van der Waals surface area contributed by atoms with E-state index in [4.69, 9.17) is 0 Å². The first-order valence-corrected chi connectivity index (χ1v) is 6.38. The summed E-state index contributed by atoms with van der Waals surface area (Å²) in [5.74, 6) is -0.688. The van der Waals surface area contributed by atoms with Crippen molar-refractivity contribution in [3.05, 3.63) is 65.7 Å². The lowest BCUT2D eigenvalue weighted by Crippen LogP contribution is -2.21. The maximum Gasteiger partial charge on any atom is 0.258 e. The molecule has 1 aliphatic rings. The highest BCUT2D eigenvalue weighted by atomic mass is 16.2. The third-order valence-corrected chi connectivity index (χ3v) is 3.41. The Morgan fingerprint density at radius 1 is 0.850 bits per heavy atom. The number of nitrogens with one attached hydrogen (secondary N) is 1. The summed E-state index contributed by atoms with van der Waals surface area (Å²) in [5, 5.41) is 2.25. The summed E-state index contributed by atoms with van der Waals surface area (Å²) in [4.78, 5) is 22.8. The van der Waals surface area contributed by atoms with Gasteiger partial charge in [-0.25, -0.2) is 0 Å². The second kappa shape index (κ2) is 4.78. The van der Waals surface area contributed by atoms with Crippen molar-refractivity contribution >= 4 is 17.4 Å². The van der Waals surface area contributed by atoms with Gasteiger partial charge in [-0.05, 0) is 29.2 Å². The first-order valence-electron chi connectivity index (χ1n) is 6.38. The average Bonchev–Trinajstić information content (AvgIpc) is 2.79. The molecule has 0 fully saturated rings. The van der Waals surface area contributed by atoms with Crippen LogP contribution in [0.1, 0.15) is 11.1 Å². The molecule has 0 saturated carbocycles. The van der Waals surface area contributed by atoms with Crippen LogP contribution in [0.5, 0.6) is 0 Å². The highest BCUT2D eigenvalue weighted by Crippen LogP contribution is 2.26. The lowest BCUT2D eigenvalue weighted by Gasteiger charge is -2.07. The van der Waals surface area contributed by atoms with Crippen LogP contribution in [-0.2, 0) is 9.59 Å². The minimum absolute atomic E-state index is 0.335. The number of hydrogen-bond acceptors (Lipinski definition) is 2. The fraction of sp³-hybridized carbons (Fsp3) is 0.0588. The molecule has 0 aromatic heterocycles. The molecule has 0 unspecified atom stereocenters. The number of carbonyl (C=O) groups excluding carboxylic acids is 2. The van der Waals surface area contributed by atoms with E-state index in [9.17, 15) is 9.59 Å². The van der Waals surface area contributed by atoms with Crippen molar-refractivity contribution in [1.82, 2.24) is 5.32 Å². The van der Waals surface area contributed by atoms with Gasteiger partial charge in [-0.15, -0.1) is 0 Å². The average molecular weight is 263 g/mol. The Bertz CT molecular complexity index is 727. The summed E-state index contributed by atoms with van der Waals surface area (Å²) in [6, 6.07) is 15.8. The molecule has 2 aromatic rings. The number of carbonyl (C=O) groups is 2. The predicted molar refractivity (Wildman–Crippen MR) is 77.7 cm³/mol. The molecule has 0 bridgehead atoms. The molecule has 1 N–H and O–H groups in total. The summed E-state index contributed by atoms with van der Waals surface area (Å²) in [6.45, 7) is 2.06. The van der Waals surface area contributed by atoms with E-state index in [1.165, 1.54) is 17.2 Å². The van der Waals surface area contributed by atoms with Crippen molar-refractivity contribution in [2.75, 3.05) is 0 Å². The van der Waals surface area contributed by atoms with Gasteiger partial charge in [0.05, 0.1) is 5.57 Å². The van der Waals surface area contributed by atoms with E-state index in [-0.39, 0.29) is 11.8 Å². The monoisotopic (exact) mass is 263 g/mol. The van der Waals surface area contributed by atoms with E-state index >= 15 is 0 Å². The van der Waals surface area contributed by atoms with Gasteiger partial charge in [-0.3, -0.25) is 14.9 Å². The van der Waals surface area contributed by atoms with Gasteiger partial charge < -0.3 is 0 Å². The van der Waals surface area contributed by atoms with Crippen LogP contribution in [0.15, 0.2) is 54.6 Å². The van der Waals surface area contributed by atoms with Gasteiger partial charge in [-0.1, -0.05) is 48.5 Å². The maximum atomic E-state index is 11.6. The Morgan fingerprint density at radius 3 is 2.10 bits per heavy atom. The minimum atomic E-state index is -0.354. The number of imide groups is 1. The largest absolute Gasteiger partial charge is 0.289 e. The molecule has 1 heterocycles. The van der Waals surface area contributed by atoms with Crippen LogP contribution >= 0.6 is 0 Å². The number of hydrogen-bond donors (Lipinski definition) is 1. The van der Waals surface area contributed by atoms with Crippen LogP contribution in [0, 0.1) is 6.92 Å². The topological polar surface area (TPSA) is 46.2 Å². The van der Waals surface area contributed by atoms with E-state index in [2.05, 4.69) is 24.4 Å². The zero-order chi connectivity index (χ0) is 14.1. The number of rotatable bonds is 2. The quantitative estimate of drug-likeness (QED) is 0.847. The molecule has 0 atom stereocenters. The van der Waals surface area contributed by atoms with E-state index in [0.717, 1.165) is 11.1 Å². The van der Waals surface area contributed by atoms with Crippen LogP contribution in [0.3, 0.4) is 0 Å². The summed E-state index contributed by atoms with van der Waals surface area (Å²) < 4.78 is 0. The van der Waals surface area contributed by atoms with Crippen molar-refractivity contribution in [1.29, 1.82) is 0 Å². The SMILES string of the molecule is Cc1ccccc1-c1ccc(C2=CC(=O)NC2=O)cc1. The molecule has 3 heteroatoms. The van der Waals surface area contributed by atoms with Crippen molar-refractivity contribution in [3.63, 3.8) is 0 Å². The van der Waals surface area contributed by atoms with E-state index in [0.29, 0.717) is 5.57 Å². The van der Waals surface area contributed by atoms with E-state index < -0.39 is 0 Å². The molecule has 3 nitrogen and oxygen atoms in total. The normalized spacial score (nSPS) is 14.2. The molecule has 0 radical (unpaired) electrons. The molecule has 98 valence electrons. The van der Waals surface area contributed by atoms with Crippen molar-refractivity contribution in [2.45, 2.75) is 6.92 Å². The fourth-order valence-electron chi connectivity index (χ4n) is 2.35. The highest BCUT2D eigenvalue weighted by molar-refractivity contribution is 6.33. The van der Waals surface area contributed by atoms with Crippen molar-refractivity contribution in [2.24, 2.45) is 0 Å². The summed E-state index contributed by atoms with van der Waals surface area (Å²) in [7, 11) is 0. The standard InChI is InChI=1S/C17H13NO2/c1-11-4-2-3-5-14(11)12-6-8-13(9-7-12)15-10-16(19)18-17(15)20/h2-10H,1H3,(H,18,19,20). The first kappa shape index (κ1) is 12.4. The van der Waals surface area contributed by atoms with Crippen LogP contribution in [0.2, 0.25) is 0 Å². The second-order valence-corrected chi connectivity index (χ2v) is 4.77. The molecule has 0 aliphatic carbocycles. The number of benzene rings is 2. The van der Waals surface area contributed by atoms with Crippen LogP contribution in [0.25, 0.3) is 16.7 Å². The van der Waals surface area contributed by atoms with Crippen molar-refractivity contribution in [3.8, 4) is 11.1 Å². The Morgan fingerprint density at radius 2 is 1.50 bits per heavy atom. The first-order chi connectivity index (χ1) is 9.65. The van der Waals surface area contributed by atoms with Crippen LogP contribution < -0.4 is 5.32 Å². The van der Waals surface area contributed by atoms with Crippen LogP contribution in [-0.4, -0.2) is 11.8 Å². The highest BCUT2D eigenvalue weighted by Gasteiger charge is 2.21. The molecule has 2 amide bonds. The lowest BCUT2D eigenvalue weighted by molar-refractivity contribution is -0.123. The van der Waals surface area contributed by atoms with Gasteiger partial charge in [0.1, 0.15) is 0 Å². The van der Waals surface area contributed by atoms with E-state index in [1.54, 1.807) is 0 Å². The minimum Gasteiger partial charge on any atom is -0.289 e. The third kappa shape index (κ3) is 2.14. The van der Waals surface area contributed by atoms with Gasteiger partial charge in [0.25, 0.3) is 11.8 Å². The summed E-state index contributed by atoms with van der Waals surface area (Å²) >= 11 is 0. The fourth-order valence-corrected chi connectivity index (χ4v) is 2.35. The number of amides is 2. The van der Waals surface area contributed by atoms with Gasteiger partial charge in [0.2, 0.25) is 0 Å². The maximum absolute atomic E-state index is 11.6. The van der Waals surface area contributed by atoms with E-state index in [1.807, 2.05) is 36.4 Å². The van der Waals surface area contributed by atoms with Gasteiger partial charge in [0, 0.05) is 6.08 Å². The summed E-state index contributed by atoms with van der Waals surface area (Å²) in [6.07, 6.45) is 1.34. The molecular formula is C17H13NO2. The number of aryl methyl sites for hydroxylation is 1. The molecule has 2 aromatic carbocycles. The Labute approximate surface area is 116 Å². The zero-order valence-electron chi connectivity index (χ0n) is 11.0. The van der Waals surface area contributed by atoms with Crippen molar-refractivity contribution < 1.29 is 9.59 Å². The van der Waals surface area contributed by atoms with Crippen LogP contribution in [0.4, 0.5) is 0 Å². The Balaban J connectivity index is 1.97. The van der Waals surface area contributed by atoms with Gasteiger partial charge in [-0.2, -0.15) is 0 Å².